The number of anilines is 1. The molecule has 4 rings (SSSR count). The maximum absolute atomic E-state index is 13.1. The molecular weight excluding hydrogens is 492 g/mol. The van der Waals surface area contributed by atoms with Crippen LogP contribution in [0.5, 0.6) is 0 Å². The molecule has 1 fully saturated rings. The molecule has 4 amide bonds. The van der Waals surface area contributed by atoms with E-state index in [2.05, 4.69) is 21.2 Å². The molecule has 2 heterocycles. The van der Waals surface area contributed by atoms with Gasteiger partial charge in [-0.05, 0) is 55.0 Å². The summed E-state index contributed by atoms with van der Waals surface area (Å²) in [5.41, 5.74) is 1.56. The lowest BCUT2D eigenvalue weighted by atomic mass is 10.1. The molecule has 1 aliphatic heterocycles. The van der Waals surface area contributed by atoms with Crippen LogP contribution in [0.15, 0.2) is 69.1 Å². The molecule has 9 heteroatoms. The summed E-state index contributed by atoms with van der Waals surface area (Å²) in [5.74, 6) is -1.58. The number of ether oxygens (including phenoxy) is 1. The number of hydrogen-bond acceptors (Lipinski definition) is 6. The van der Waals surface area contributed by atoms with E-state index in [0.29, 0.717) is 28.1 Å². The third kappa shape index (κ3) is 4.22. The fraction of sp³-hybridized carbons (Fsp3) is 0.0833. The highest BCUT2D eigenvalue weighted by atomic mass is 79.9. The van der Waals surface area contributed by atoms with E-state index in [0.717, 1.165) is 9.37 Å². The molecule has 33 heavy (non-hydrogen) atoms. The molecule has 1 aliphatic rings. The van der Waals surface area contributed by atoms with E-state index in [4.69, 9.17) is 9.15 Å². The third-order valence-electron chi connectivity index (χ3n) is 5.01. The van der Waals surface area contributed by atoms with Crippen LogP contribution >= 0.6 is 15.9 Å². The third-order valence-corrected chi connectivity index (χ3v) is 5.51. The van der Waals surface area contributed by atoms with Gasteiger partial charge in [0.2, 0.25) is 0 Å². The summed E-state index contributed by atoms with van der Waals surface area (Å²) in [6, 6.07) is 14.1. The molecule has 8 nitrogen and oxygen atoms in total. The number of nitrogens with one attached hydrogen (secondary N) is 1. The number of halogens is 1. The van der Waals surface area contributed by atoms with Gasteiger partial charge in [-0.3, -0.25) is 14.9 Å². The highest BCUT2D eigenvalue weighted by molar-refractivity contribution is 9.10. The minimum Gasteiger partial charge on any atom is -0.465 e. The topological polar surface area (TPSA) is 106 Å². The summed E-state index contributed by atoms with van der Waals surface area (Å²) < 4.78 is 11.4. The van der Waals surface area contributed by atoms with Crippen LogP contribution in [0.2, 0.25) is 0 Å². The second-order valence-electron chi connectivity index (χ2n) is 7.13. The largest absolute Gasteiger partial charge is 0.465 e. The van der Waals surface area contributed by atoms with Gasteiger partial charge in [-0.1, -0.05) is 34.1 Å². The van der Waals surface area contributed by atoms with Gasteiger partial charge in [0.15, 0.2) is 0 Å². The lowest BCUT2D eigenvalue weighted by molar-refractivity contribution is -0.122. The quantitative estimate of drug-likeness (QED) is 0.316. The highest BCUT2D eigenvalue weighted by Crippen LogP contribution is 2.30. The molecule has 0 bridgehead atoms. The summed E-state index contributed by atoms with van der Waals surface area (Å²) in [7, 11) is 1.28. The first-order valence-corrected chi connectivity index (χ1v) is 10.5. The van der Waals surface area contributed by atoms with Crippen molar-refractivity contribution in [1.29, 1.82) is 0 Å². The zero-order valence-corrected chi connectivity index (χ0v) is 19.1. The van der Waals surface area contributed by atoms with E-state index in [9.17, 15) is 19.2 Å². The smallest absolute Gasteiger partial charge is 0.338 e. The number of nitrogens with zero attached hydrogens (tertiary/aromatic N) is 1. The van der Waals surface area contributed by atoms with Crippen LogP contribution in [0.1, 0.15) is 21.7 Å². The average Bonchev–Trinajstić information content (AvgIpc) is 3.26. The molecule has 0 unspecified atom stereocenters. The second kappa shape index (κ2) is 8.87. The predicted molar refractivity (Wildman–Crippen MR) is 123 cm³/mol. The Morgan fingerprint density at radius 3 is 2.58 bits per heavy atom. The van der Waals surface area contributed by atoms with E-state index in [1.807, 2.05) is 0 Å². The summed E-state index contributed by atoms with van der Waals surface area (Å²) in [6.45, 7) is 1.75. The van der Waals surface area contributed by atoms with Crippen LogP contribution < -0.4 is 10.2 Å². The van der Waals surface area contributed by atoms with Crippen LogP contribution in [0, 0.1) is 6.92 Å². The summed E-state index contributed by atoms with van der Waals surface area (Å²) in [4.78, 5) is 50.9. The number of barbiturate groups is 1. The van der Waals surface area contributed by atoms with Crippen molar-refractivity contribution in [3.63, 3.8) is 0 Å². The molecule has 0 saturated carbocycles. The molecule has 166 valence electrons. The normalized spacial score (nSPS) is 15.1. The van der Waals surface area contributed by atoms with Crippen molar-refractivity contribution in [3.8, 4) is 11.3 Å². The monoisotopic (exact) mass is 508 g/mol. The van der Waals surface area contributed by atoms with E-state index in [-0.39, 0.29) is 11.3 Å². The number of furan rings is 1. The summed E-state index contributed by atoms with van der Waals surface area (Å²) in [6.07, 6.45) is 1.26. The Balaban J connectivity index is 1.71. The molecule has 2 aromatic carbocycles. The summed E-state index contributed by atoms with van der Waals surface area (Å²) >= 11 is 3.35. The van der Waals surface area contributed by atoms with Gasteiger partial charge in [-0.25, -0.2) is 14.5 Å². The maximum Gasteiger partial charge on any atom is 0.338 e. The zero-order valence-electron chi connectivity index (χ0n) is 17.5. The number of urea groups is 1. The van der Waals surface area contributed by atoms with E-state index in [1.165, 1.54) is 13.2 Å². The standard InChI is InChI=1S/C24H17BrN2O6/c1-13-11-14(25)7-9-19(13)27-22(29)18(21(28)26-24(27)31)12-15-8-10-20(33-15)16-5-3-4-6-17(16)23(30)32-2/h3-12H,1-2H3,(H,26,28,31)/b18-12+. The highest BCUT2D eigenvalue weighted by Gasteiger charge is 2.37. The number of hydrogen-bond donors (Lipinski definition) is 1. The number of benzene rings is 2. The lowest BCUT2D eigenvalue weighted by Gasteiger charge is -2.27. The van der Waals surface area contributed by atoms with Crippen molar-refractivity contribution in [3.05, 3.63) is 81.5 Å². The van der Waals surface area contributed by atoms with Crippen molar-refractivity contribution in [2.75, 3.05) is 12.0 Å². The Hall–Kier alpha value is -3.98. The van der Waals surface area contributed by atoms with Gasteiger partial charge >= 0.3 is 12.0 Å². The Morgan fingerprint density at radius 2 is 1.85 bits per heavy atom. The Morgan fingerprint density at radius 1 is 1.09 bits per heavy atom. The van der Waals surface area contributed by atoms with Crippen molar-refractivity contribution in [2.24, 2.45) is 0 Å². The first-order valence-electron chi connectivity index (χ1n) is 9.75. The molecule has 3 aromatic rings. The van der Waals surface area contributed by atoms with Crippen molar-refractivity contribution < 1.29 is 28.3 Å². The van der Waals surface area contributed by atoms with E-state index in [1.54, 1.807) is 61.5 Å². The number of carbonyl (C=O) groups is 4. The van der Waals surface area contributed by atoms with E-state index >= 15 is 0 Å². The summed E-state index contributed by atoms with van der Waals surface area (Å²) in [5, 5.41) is 2.18. The molecule has 1 aromatic heterocycles. The van der Waals surface area contributed by atoms with Crippen LogP contribution in [-0.4, -0.2) is 30.9 Å². The number of aryl methyl sites for hydroxylation is 1. The molecule has 0 radical (unpaired) electrons. The fourth-order valence-electron chi connectivity index (χ4n) is 3.45. The number of amides is 4. The maximum atomic E-state index is 13.1. The minimum absolute atomic E-state index is 0.199. The number of esters is 1. The molecule has 1 N–H and O–H groups in total. The van der Waals surface area contributed by atoms with Crippen LogP contribution in [0.4, 0.5) is 10.5 Å². The molecule has 1 saturated heterocycles. The number of rotatable bonds is 4. The predicted octanol–water partition coefficient (Wildman–Crippen LogP) is 4.47. The van der Waals surface area contributed by atoms with E-state index < -0.39 is 23.8 Å². The van der Waals surface area contributed by atoms with Crippen molar-refractivity contribution in [1.82, 2.24) is 5.32 Å². The molecule has 0 atom stereocenters. The Labute approximate surface area is 197 Å². The average molecular weight is 509 g/mol. The Kier molecular flexibility index (Phi) is 5.97. The van der Waals surface area contributed by atoms with Gasteiger partial charge in [0.05, 0.1) is 18.4 Å². The van der Waals surface area contributed by atoms with Gasteiger partial charge in [0.25, 0.3) is 11.8 Å². The van der Waals surface area contributed by atoms with Crippen molar-refractivity contribution in [2.45, 2.75) is 6.92 Å². The number of imide groups is 2. The molecular formula is C24H17BrN2O6. The van der Waals surface area contributed by atoms with Crippen molar-refractivity contribution >= 4 is 51.5 Å². The second-order valence-corrected chi connectivity index (χ2v) is 8.04. The molecule has 0 aliphatic carbocycles. The number of methoxy groups -OCH3 is 1. The fourth-order valence-corrected chi connectivity index (χ4v) is 3.92. The molecule has 0 spiro atoms. The van der Waals surface area contributed by atoms with Crippen LogP contribution in [0.25, 0.3) is 17.4 Å². The van der Waals surface area contributed by atoms with Crippen LogP contribution in [0.3, 0.4) is 0 Å². The SMILES string of the molecule is COC(=O)c1ccccc1-c1ccc(/C=C2\C(=O)NC(=O)N(c3ccc(Br)cc3C)C2=O)o1. The zero-order chi connectivity index (χ0) is 23.7. The first kappa shape index (κ1) is 22.2. The first-order chi connectivity index (χ1) is 15.8. The van der Waals surface area contributed by atoms with Gasteiger partial charge < -0.3 is 9.15 Å². The Bertz CT molecular complexity index is 1340. The number of carbonyl (C=O) groups excluding carboxylic acids is 4. The minimum atomic E-state index is -0.834. The lowest BCUT2D eigenvalue weighted by Crippen LogP contribution is -2.54. The van der Waals surface area contributed by atoms with Crippen LogP contribution in [-0.2, 0) is 14.3 Å². The van der Waals surface area contributed by atoms with Gasteiger partial charge in [0.1, 0.15) is 17.1 Å². The van der Waals surface area contributed by atoms with Gasteiger partial charge in [-0.2, -0.15) is 0 Å². The van der Waals surface area contributed by atoms with Gasteiger partial charge in [-0.15, -0.1) is 0 Å². The van der Waals surface area contributed by atoms with Gasteiger partial charge in [0, 0.05) is 10.0 Å².